The molecule has 0 aromatic heterocycles. The van der Waals surface area contributed by atoms with Gasteiger partial charge in [-0.3, -0.25) is 11.3 Å². The maximum absolute atomic E-state index is 5.58. The summed E-state index contributed by atoms with van der Waals surface area (Å²) in [5, 5.41) is 0.595. The quantitative estimate of drug-likeness (QED) is 0.553. The number of hydrogen-bond donors (Lipinski definition) is 2. The summed E-state index contributed by atoms with van der Waals surface area (Å²) in [7, 11) is 0. The first-order valence-corrected chi connectivity index (χ1v) is 7.21. The van der Waals surface area contributed by atoms with Gasteiger partial charge >= 0.3 is 0 Å². The van der Waals surface area contributed by atoms with Crippen LogP contribution in [0.5, 0.6) is 0 Å². The largest absolute Gasteiger partial charge is 0.377 e. The van der Waals surface area contributed by atoms with Crippen molar-refractivity contribution in [2.75, 3.05) is 23.9 Å². The minimum absolute atomic E-state index is 0.284. The van der Waals surface area contributed by atoms with Gasteiger partial charge in [0.1, 0.15) is 0 Å². The smallest absolute Gasteiger partial charge is 0.0647 e. The van der Waals surface area contributed by atoms with Crippen LogP contribution in [-0.2, 0) is 4.74 Å². The number of hydrazine groups is 1. The highest BCUT2D eigenvalue weighted by molar-refractivity contribution is 8.06. The van der Waals surface area contributed by atoms with Crippen molar-refractivity contribution in [3.63, 3.8) is 0 Å². The van der Waals surface area contributed by atoms with Crippen LogP contribution < -0.4 is 11.3 Å². The fourth-order valence-corrected chi connectivity index (χ4v) is 4.15. The third-order valence-corrected chi connectivity index (χ3v) is 5.03. The highest BCUT2D eigenvalue weighted by Crippen LogP contribution is 2.26. The molecule has 0 aromatic rings. The van der Waals surface area contributed by atoms with Gasteiger partial charge in [-0.25, -0.2) is 0 Å². The van der Waals surface area contributed by atoms with Crippen LogP contribution >= 0.6 is 23.5 Å². The van der Waals surface area contributed by atoms with Gasteiger partial charge < -0.3 is 4.74 Å². The fourth-order valence-electron chi connectivity index (χ4n) is 1.30. The second-order valence-corrected chi connectivity index (χ2v) is 6.14. The van der Waals surface area contributed by atoms with Crippen LogP contribution in [0.2, 0.25) is 0 Å². The molecule has 84 valence electrons. The second kappa shape index (κ2) is 6.95. The summed E-state index contributed by atoms with van der Waals surface area (Å²) < 4.78 is 5.58. The molecule has 0 saturated carbocycles. The molecule has 2 unspecified atom stereocenters. The summed E-state index contributed by atoms with van der Waals surface area (Å²) in [6.45, 7) is 4.82. The van der Waals surface area contributed by atoms with E-state index in [1.54, 1.807) is 0 Å². The number of rotatable bonds is 5. The van der Waals surface area contributed by atoms with Gasteiger partial charge in [0.2, 0.25) is 0 Å². The van der Waals surface area contributed by atoms with E-state index in [0.29, 0.717) is 11.9 Å². The Balaban J connectivity index is 2.28. The van der Waals surface area contributed by atoms with Crippen molar-refractivity contribution in [2.24, 2.45) is 5.84 Å². The van der Waals surface area contributed by atoms with E-state index in [4.69, 9.17) is 10.6 Å². The first-order chi connectivity index (χ1) is 6.74. The molecular weight excluding hydrogens is 216 g/mol. The summed E-state index contributed by atoms with van der Waals surface area (Å²) >= 11 is 4.01. The first kappa shape index (κ1) is 12.6. The molecule has 1 saturated heterocycles. The minimum Gasteiger partial charge on any atom is -0.377 e. The Morgan fingerprint density at radius 2 is 2.29 bits per heavy atom. The molecule has 14 heavy (non-hydrogen) atoms. The molecule has 0 amide bonds. The summed E-state index contributed by atoms with van der Waals surface area (Å²) in [5.41, 5.74) is 2.87. The van der Waals surface area contributed by atoms with Crippen molar-refractivity contribution in [1.29, 1.82) is 0 Å². The van der Waals surface area contributed by atoms with Gasteiger partial charge in [0.05, 0.1) is 18.8 Å². The van der Waals surface area contributed by atoms with E-state index >= 15 is 0 Å². The Bertz CT molecular complexity index is 152. The molecular formula is C9H20N2OS2. The van der Waals surface area contributed by atoms with Crippen LogP contribution in [0.15, 0.2) is 0 Å². The molecule has 2 atom stereocenters. The maximum Gasteiger partial charge on any atom is 0.0647 e. The van der Waals surface area contributed by atoms with E-state index in [2.05, 4.69) is 19.3 Å². The van der Waals surface area contributed by atoms with Gasteiger partial charge in [0, 0.05) is 22.5 Å². The molecule has 1 fully saturated rings. The third-order valence-electron chi connectivity index (χ3n) is 2.11. The third kappa shape index (κ3) is 4.40. The van der Waals surface area contributed by atoms with Crippen molar-refractivity contribution >= 4 is 23.5 Å². The Morgan fingerprint density at radius 3 is 2.79 bits per heavy atom. The van der Waals surface area contributed by atoms with Gasteiger partial charge in [0.15, 0.2) is 0 Å². The van der Waals surface area contributed by atoms with Gasteiger partial charge in [-0.05, 0) is 13.8 Å². The van der Waals surface area contributed by atoms with Crippen LogP contribution in [0, 0.1) is 0 Å². The lowest BCUT2D eigenvalue weighted by atomic mass is 10.2. The zero-order chi connectivity index (χ0) is 10.4. The summed E-state index contributed by atoms with van der Waals surface area (Å²) in [4.78, 5) is 0. The molecule has 0 radical (unpaired) electrons. The summed E-state index contributed by atoms with van der Waals surface area (Å²) in [6.07, 6.45) is 0.284. The normalized spacial score (nSPS) is 25.3. The van der Waals surface area contributed by atoms with Crippen LogP contribution in [0.4, 0.5) is 0 Å². The predicted octanol–water partition coefficient (Wildman–Crippen LogP) is 1.09. The topological polar surface area (TPSA) is 47.3 Å². The number of hydrogen-bond acceptors (Lipinski definition) is 5. The molecule has 0 aromatic carbocycles. The van der Waals surface area contributed by atoms with E-state index in [-0.39, 0.29) is 12.1 Å². The Hall–Kier alpha value is 0.580. The van der Waals surface area contributed by atoms with Crippen molar-refractivity contribution in [2.45, 2.75) is 31.2 Å². The zero-order valence-corrected chi connectivity index (χ0v) is 10.5. The van der Waals surface area contributed by atoms with E-state index < -0.39 is 0 Å². The van der Waals surface area contributed by atoms with E-state index in [9.17, 15) is 0 Å². The Labute approximate surface area is 94.9 Å². The minimum atomic E-state index is 0.284. The predicted molar refractivity (Wildman–Crippen MR) is 65.8 cm³/mol. The molecule has 3 N–H and O–H groups in total. The van der Waals surface area contributed by atoms with Crippen LogP contribution in [0.1, 0.15) is 13.8 Å². The maximum atomic E-state index is 5.58. The Morgan fingerprint density at radius 1 is 1.50 bits per heavy atom. The highest BCUT2D eigenvalue weighted by Gasteiger charge is 2.23. The molecule has 1 rings (SSSR count). The lowest BCUT2D eigenvalue weighted by Gasteiger charge is -2.29. The van der Waals surface area contributed by atoms with Crippen molar-refractivity contribution in [3.8, 4) is 0 Å². The molecule has 5 heteroatoms. The van der Waals surface area contributed by atoms with E-state index in [0.717, 1.165) is 0 Å². The molecule has 0 aliphatic carbocycles. The van der Waals surface area contributed by atoms with Crippen LogP contribution in [-0.4, -0.2) is 41.3 Å². The van der Waals surface area contributed by atoms with Crippen molar-refractivity contribution < 1.29 is 4.74 Å². The number of nitrogens with one attached hydrogen (secondary N) is 1. The van der Waals surface area contributed by atoms with Crippen molar-refractivity contribution in [3.05, 3.63) is 0 Å². The first-order valence-electron chi connectivity index (χ1n) is 5.01. The summed E-state index contributed by atoms with van der Waals surface area (Å²) in [5.74, 6) is 9.22. The number of ether oxygens (including phenoxy) is 1. The molecule has 1 aliphatic heterocycles. The van der Waals surface area contributed by atoms with Gasteiger partial charge in [-0.1, -0.05) is 0 Å². The van der Waals surface area contributed by atoms with Gasteiger partial charge in [0.25, 0.3) is 0 Å². The van der Waals surface area contributed by atoms with Gasteiger partial charge in [-0.2, -0.15) is 23.5 Å². The SMILES string of the molecule is CC(C)OCC(NN)C1CSCCS1. The summed E-state index contributed by atoms with van der Waals surface area (Å²) in [6, 6.07) is 0.287. The highest BCUT2D eigenvalue weighted by atomic mass is 32.2. The Kier molecular flexibility index (Phi) is 6.28. The van der Waals surface area contributed by atoms with Gasteiger partial charge in [-0.15, -0.1) is 0 Å². The zero-order valence-electron chi connectivity index (χ0n) is 8.86. The van der Waals surface area contributed by atoms with Crippen molar-refractivity contribution in [1.82, 2.24) is 5.43 Å². The molecule has 0 spiro atoms. The molecule has 0 bridgehead atoms. The van der Waals surface area contributed by atoms with Crippen LogP contribution in [0.25, 0.3) is 0 Å². The number of thioether (sulfide) groups is 2. The molecule has 3 nitrogen and oxygen atoms in total. The number of nitrogens with two attached hydrogens (primary N) is 1. The second-order valence-electron chi connectivity index (χ2n) is 3.64. The fraction of sp³-hybridized carbons (Fsp3) is 1.00. The van der Waals surface area contributed by atoms with E-state index in [1.807, 2.05) is 23.5 Å². The standard InChI is InChI=1S/C9H20N2OS2/c1-7(2)12-5-8(11-10)9-6-13-3-4-14-9/h7-9,11H,3-6,10H2,1-2H3. The van der Waals surface area contributed by atoms with E-state index in [1.165, 1.54) is 17.3 Å². The van der Waals surface area contributed by atoms with Crippen LogP contribution in [0.3, 0.4) is 0 Å². The average molecular weight is 236 g/mol. The monoisotopic (exact) mass is 236 g/mol. The lowest BCUT2D eigenvalue weighted by molar-refractivity contribution is 0.0618. The molecule has 1 heterocycles. The average Bonchev–Trinajstić information content (AvgIpc) is 2.20. The lowest BCUT2D eigenvalue weighted by Crippen LogP contribution is -2.48. The molecule has 1 aliphatic rings.